The van der Waals surface area contributed by atoms with Crippen LogP contribution in [0, 0.1) is 0 Å². The van der Waals surface area contributed by atoms with Crippen LogP contribution < -0.4 is 0 Å². The molecule has 158 valence electrons. The van der Waals surface area contributed by atoms with E-state index in [1.807, 2.05) is 14.2 Å². The summed E-state index contributed by atoms with van der Waals surface area (Å²) in [4.78, 5) is 18.6. The number of nitrogens with zero attached hydrogens (tertiary/aromatic N) is 2. The van der Waals surface area contributed by atoms with Gasteiger partial charge in [0.1, 0.15) is 0 Å². The Morgan fingerprint density at radius 3 is 2.17 bits per heavy atom. The van der Waals surface area contributed by atoms with E-state index in [9.17, 15) is 4.79 Å². The predicted octanol–water partition coefficient (Wildman–Crippen LogP) is 4.29. The fourth-order valence-corrected chi connectivity index (χ4v) is 6.01. The molecule has 0 spiro atoms. The van der Waals surface area contributed by atoms with Crippen molar-refractivity contribution in [2.24, 2.45) is 0 Å². The first-order chi connectivity index (χ1) is 14.7. The van der Waals surface area contributed by atoms with E-state index in [1.54, 1.807) is 0 Å². The molecule has 5 rings (SSSR count). The Morgan fingerprint density at radius 2 is 1.57 bits per heavy atom. The molecule has 1 amide bonds. The van der Waals surface area contributed by atoms with Gasteiger partial charge < -0.3 is 9.64 Å². The van der Waals surface area contributed by atoms with Gasteiger partial charge in [0.25, 0.3) is 0 Å². The van der Waals surface area contributed by atoms with E-state index in [0.29, 0.717) is 12.1 Å². The molecule has 30 heavy (non-hydrogen) atoms. The van der Waals surface area contributed by atoms with Crippen LogP contribution in [0.3, 0.4) is 0 Å². The minimum Gasteiger partial charge on any atom is -0.381 e. The lowest BCUT2D eigenvalue weighted by Gasteiger charge is -2.45. The summed E-state index contributed by atoms with van der Waals surface area (Å²) in [7, 11) is 3.86. The highest BCUT2D eigenvalue weighted by Gasteiger charge is 2.42. The summed E-state index contributed by atoms with van der Waals surface area (Å²) in [6.45, 7) is 2.30. The first-order valence-corrected chi connectivity index (χ1v) is 11.4. The summed E-state index contributed by atoms with van der Waals surface area (Å²) in [6.07, 6.45) is 5.91. The lowest BCUT2D eigenvalue weighted by Crippen LogP contribution is -2.56. The van der Waals surface area contributed by atoms with E-state index < -0.39 is 0 Å². The van der Waals surface area contributed by atoms with Gasteiger partial charge in [-0.25, -0.2) is 0 Å². The molecular weight excluding hydrogens is 372 g/mol. The Morgan fingerprint density at radius 1 is 0.967 bits per heavy atom. The van der Waals surface area contributed by atoms with Crippen LogP contribution >= 0.6 is 0 Å². The lowest BCUT2D eigenvalue weighted by molar-refractivity contribution is -0.135. The summed E-state index contributed by atoms with van der Waals surface area (Å²) in [5.74, 6) is 0.0410. The van der Waals surface area contributed by atoms with Gasteiger partial charge in [0.15, 0.2) is 0 Å². The number of rotatable bonds is 4. The van der Waals surface area contributed by atoms with Gasteiger partial charge in [-0.3, -0.25) is 9.69 Å². The molecule has 4 nitrogen and oxygen atoms in total. The van der Waals surface area contributed by atoms with Crippen LogP contribution in [0.4, 0.5) is 0 Å². The smallest absolute Gasteiger partial charge is 0.234 e. The average Bonchev–Trinajstić information content (AvgIpc) is 3.44. The van der Waals surface area contributed by atoms with Crippen molar-refractivity contribution in [1.82, 2.24) is 9.80 Å². The molecule has 2 aromatic carbocycles. The molecule has 4 heteroatoms. The minimum absolute atomic E-state index is 0.193. The predicted molar refractivity (Wildman–Crippen MR) is 120 cm³/mol. The van der Waals surface area contributed by atoms with Crippen LogP contribution in [0.15, 0.2) is 48.5 Å². The van der Waals surface area contributed by atoms with Gasteiger partial charge in [0.2, 0.25) is 5.91 Å². The van der Waals surface area contributed by atoms with Gasteiger partial charge in [0.05, 0.1) is 12.0 Å². The summed E-state index contributed by atoms with van der Waals surface area (Å²) >= 11 is 0. The van der Waals surface area contributed by atoms with Gasteiger partial charge in [-0.2, -0.15) is 0 Å². The monoisotopic (exact) mass is 404 g/mol. The molecule has 1 heterocycles. The Hall–Kier alpha value is -2.17. The van der Waals surface area contributed by atoms with E-state index in [4.69, 9.17) is 4.74 Å². The second kappa shape index (κ2) is 8.16. The van der Waals surface area contributed by atoms with Crippen LogP contribution in [0.25, 0.3) is 11.1 Å². The number of carbonyl (C=O) groups is 1. The number of benzene rings is 2. The normalized spacial score (nSPS) is 26.4. The molecule has 3 atom stereocenters. The minimum atomic E-state index is -0.193. The fraction of sp³-hybridized carbons (Fsp3) is 0.500. The maximum Gasteiger partial charge on any atom is 0.234 e. The zero-order chi connectivity index (χ0) is 20.7. The number of likely N-dealkylation sites (N-methyl/N-ethyl adjacent to an activating group) is 1. The van der Waals surface area contributed by atoms with Crippen molar-refractivity contribution in [2.75, 3.05) is 27.2 Å². The molecule has 0 aromatic heterocycles. The van der Waals surface area contributed by atoms with E-state index in [-0.39, 0.29) is 17.9 Å². The standard InChI is InChI=1S/C26H32N2O2/c1-27(23-14-13-18(30-2)17-24(23)28-15-7-8-16-28)26(29)25-21-11-5-3-9-19(21)20-10-4-6-12-22(20)25/h3-6,9-12,18,23-25H,7-8,13-17H2,1-2H3/t18-,23+,24+/m0/s1. The summed E-state index contributed by atoms with van der Waals surface area (Å²) in [6, 6.07) is 17.5. The molecule has 1 aliphatic heterocycles. The Labute approximate surface area is 179 Å². The van der Waals surface area contributed by atoms with Crippen LogP contribution in [0.5, 0.6) is 0 Å². The number of methoxy groups -OCH3 is 1. The average molecular weight is 405 g/mol. The highest BCUT2D eigenvalue weighted by molar-refractivity contribution is 5.96. The third-order valence-electron chi connectivity index (χ3n) is 7.60. The quantitative estimate of drug-likeness (QED) is 0.762. The van der Waals surface area contributed by atoms with Crippen molar-refractivity contribution in [1.29, 1.82) is 0 Å². The number of hydrogen-bond donors (Lipinski definition) is 0. The van der Waals surface area contributed by atoms with Gasteiger partial charge in [-0.15, -0.1) is 0 Å². The molecule has 0 radical (unpaired) electrons. The van der Waals surface area contributed by atoms with Crippen molar-refractivity contribution in [3.8, 4) is 11.1 Å². The number of likely N-dealkylation sites (tertiary alicyclic amines) is 1. The molecule has 2 aliphatic carbocycles. The SMILES string of the molecule is CO[C@H]1CC[C@@H](N(C)C(=O)C2c3ccccc3-c3ccccc32)[C@H](N2CCCC2)C1. The van der Waals surface area contributed by atoms with Gasteiger partial charge in [-0.1, -0.05) is 48.5 Å². The van der Waals surface area contributed by atoms with Crippen molar-refractivity contribution in [3.63, 3.8) is 0 Å². The first kappa shape index (κ1) is 19.8. The molecule has 0 unspecified atom stereocenters. The molecule has 0 N–H and O–H groups in total. The molecular formula is C26H32N2O2. The molecule has 1 saturated heterocycles. The third kappa shape index (κ3) is 3.27. The highest BCUT2D eigenvalue weighted by atomic mass is 16.5. The summed E-state index contributed by atoms with van der Waals surface area (Å²) in [5.41, 5.74) is 4.72. The van der Waals surface area contributed by atoms with Gasteiger partial charge in [-0.05, 0) is 67.4 Å². The molecule has 2 aromatic rings. The summed E-state index contributed by atoms with van der Waals surface area (Å²) < 4.78 is 5.73. The van der Waals surface area contributed by atoms with Crippen molar-refractivity contribution < 1.29 is 9.53 Å². The third-order valence-corrected chi connectivity index (χ3v) is 7.60. The Balaban J connectivity index is 1.45. The lowest BCUT2D eigenvalue weighted by atomic mass is 9.85. The van der Waals surface area contributed by atoms with Gasteiger partial charge in [0, 0.05) is 26.2 Å². The number of amides is 1. The fourth-order valence-electron chi connectivity index (χ4n) is 6.01. The highest BCUT2D eigenvalue weighted by Crippen LogP contribution is 2.46. The molecule has 3 aliphatic rings. The largest absolute Gasteiger partial charge is 0.381 e. The van der Waals surface area contributed by atoms with Crippen molar-refractivity contribution in [2.45, 2.75) is 56.2 Å². The second-order valence-corrected chi connectivity index (χ2v) is 9.11. The van der Waals surface area contributed by atoms with E-state index in [2.05, 4.69) is 58.3 Å². The number of carbonyl (C=O) groups excluding carboxylic acids is 1. The zero-order valence-electron chi connectivity index (χ0n) is 18.1. The molecule has 2 fully saturated rings. The van der Waals surface area contributed by atoms with Crippen LogP contribution in [0.1, 0.15) is 49.1 Å². The van der Waals surface area contributed by atoms with Crippen LogP contribution in [0.2, 0.25) is 0 Å². The van der Waals surface area contributed by atoms with Crippen molar-refractivity contribution >= 4 is 5.91 Å². The van der Waals surface area contributed by atoms with E-state index in [1.165, 1.54) is 24.0 Å². The number of fused-ring (bicyclic) bond motifs is 3. The zero-order valence-corrected chi connectivity index (χ0v) is 18.1. The van der Waals surface area contributed by atoms with Crippen LogP contribution in [-0.2, 0) is 9.53 Å². The second-order valence-electron chi connectivity index (χ2n) is 9.11. The number of hydrogen-bond acceptors (Lipinski definition) is 3. The molecule has 1 saturated carbocycles. The topological polar surface area (TPSA) is 32.8 Å². The maximum absolute atomic E-state index is 14.0. The Bertz CT molecular complexity index is 875. The van der Waals surface area contributed by atoms with Crippen LogP contribution in [-0.4, -0.2) is 61.1 Å². The van der Waals surface area contributed by atoms with E-state index in [0.717, 1.165) is 43.5 Å². The van der Waals surface area contributed by atoms with Crippen molar-refractivity contribution in [3.05, 3.63) is 59.7 Å². The first-order valence-electron chi connectivity index (χ1n) is 11.4. The maximum atomic E-state index is 14.0. The molecule has 0 bridgehead atoms. The van der Waals surface area contributed by atoms with Gasteiger partial charge >= 0.3 is 0 Å². The number of ether oxygens (including phenoxy) is 1. The summed E-state index contributed by atoms with van der Waals surface area (Å²) in [5, 5.41) is 0. The Kier molecular flexibility index (Phi) is 5.38. The van der Waals surface area contributed by atoms with E-state index >= 15 is 0 Å².